The molecule has 3 heterocycles. The van der Waals surface area contributed by atoms with E-state index >= 15 is 0 Å². The number of imidazole rings is 1. The average molecular weight is 396 g/mol. The Balaban J connectivity index is 1.91. The summed E-state index contributed by atoms with van der Waals surface area (Å²) >= 11 is 2.98. The lowest BCUT2D eigenvalue weighted by molar-refractivity contribution is 0.613. The summed E-state index contributed by atoms with van der Waals surface area (Å²) in [5, 5.41) is 12.1. The lowest BCUT2D eigenvalue weighted by atomic mass is 10.3. The Morgan fingerprint density at radius 3 is 2.81 bits per heavy atom. The second-order valence-electron chi connectivity index (χ2n) is 5.72. The van der Waals surface area contributed by atoms with Gasteiger partial charge >= 0.3 is 5.69 Å². The number of nitrogens with zero attached hydrogens (tertiary/aromatic N) is 5. The minimum atomic E-state index is -0.410. The van der Waals surface area contributed by atoms with Crippen molar-refractivity contribution in [1.82, 2.24) is 29.3 Å². The molecule has 0 amide bonds. The molecule has 0 aliphatic heterocycles. The molecule has 0 saturated carbocycles. The largest absolute Gasteiger partial charge is 0.360 e. The summed E-state index contributed by atoms with van der Waals surface area (Å²) in [7, 11) is 1.79. The number of thioether (sulfide) groups is 1. The van der Waals surface area contributed by atoms with Crippen LogP contribution in [-0.4, -0.2) is 35.8 Å². The summed E-state index contributed by atoms with van der Waals surface area (Å²) in [5.41, 5.74) is 0.0415. The highest BCUT2D eigenvalue weighted by Gasteiger charge is 2.17. The van der Waals surface area contributed by atoms with Crippen LogP contribution >= 0.6 is 23.1 Å². The van der Waals surface area contributed by atoms with Crippen molar-refractivity contribution >= 4 is 39.4 Å². The Bertz CT molecular complexity index is 1020. The van der Waals surface area contributed by atoms with Gasteiger partial charge in [0.25, 0.3) is 5.56 Å². The van der Waals surface area contributed by atoms with Crippen molar-refractivity contribution < 1.29 is 0 Å². The van der Waals surface area contributed by atoms with Crippen LogP contribution in [0, 0.1) is 0 Å². The fourth-order valence-electron chi connectivity index (χ4n) is 2.56. The zero-order valence-corrected chi connectivity index (χ0v) is 16.5. The molecule has 3 rings (SSSR count). The third-order valence-corrected chi connectivity index (χ3v) is 5.91. The van der Waals surface area contributed by atoms with E-state index in [4.69, 9.17) is 0 Å². The van der Waals surface area contributed by atoms with Crippen molar-refractivity contribution in [3.8, 4) is 0 Å². The lowest BCUT2D eigenvalue weighted by Crippen LogP contribution is -2.31. The van der Waals surface area contributed by atoms with Gasteiger partial charge in [-0.25, -0.2) is 9.78 Å². The highest BCUT2D eigenvalue weighted by Crippen LogP contribution is 2.28. The molecule has 26 heavy (non-hydrogen) atoms. The Labute approximate surface area is 157 Å². The molecule has 2 N–H and O–H groups in total. The molecular formula is C15H21N7O2S2. The SMILES string of the molecule is CCCCn1c(=O)[nH]c(=O)c2c1nc(CSc1nnc(NCC)s1)n2C. The van der Waals surface area contributed by atoms with Crippen LogP contribution in [0.2, 0.25) is 0 Å². The number of hydrogen-bond donors (Lipinski definition) is 2. The van der Waals surface area contributed by atoms with Crippen molar-refractivity contribution in [3.63, 3.8) is 0 Å². The number of fused-ring (bicyclic) bond motifs is 1. The minimum Gasteiger partial charge on any atom is -0.360 e. The van der Waals surface area contributed by atoms with Crippen LogP contribution < -0.4 is 16.6 Å². The fraction of sp³-hybridized carbons (Fsp3) is 0.533. The number of H-pyrrole nitrogens is 1. The molecule has 0 unspecified atom stereocenters. The third kappa shape index (κ3) is 3.68. The maximum absolute atomic E-state index is 12.2. The van der Waals surface area contributed by atoms with Gasteiger partial charge in [0.15, 0.2) is 15.5 Å². The van der Waals surface area contributed by atoms with Gasteiger partial charge in [0.1, 0.15) is 5.82 Å². The van der Waals surface area contributed by atoms with Gasteiger partial charge in [0.05, 0.1) is 5.75 Å². The van der Waals surface area contributed by atoms with Crippen LogP contribution in [0.5, 0.6) is 0 Å². The van der Waals surface area contributed by atoms with Crippen LogP contribution in [0.3, 0.4) is 0 Å². The summed E-state index contributed by atoms with van der Waals surface area (Å²) in [6, 6.07) is 0. The zero-order chi connectivity index (χ0) is 18.7. The number of aryl methyl sites for hydroxylation is 2. The van der Waals surface area contributed by atoms with E-state index in [0.717, 1.165) is 28.9 Å². The van der Waals surface area contributed by atoms with Gasteiger partial charge in [-0.15, -0.1) is 10.2 Å². The maximum atomic E-state index is 12.2. The standard InChI is InChI=1S/C15H21N7O2S2/c1-4-6-7-22-11-10(12(23)18-14(22)24)21(3)9(17-11)8-25-15-20-19-13(26-15)16-5-2/h4-8H2,1-3H3,(H,16,19)(H,18,23,24). The molecule has 0 spiro atoms. The predicted molar refractivity (Wildman–Crippen MR) is 104 cm³/mol. The summed E-state index contributed by atoms with van der Waals surface area (Å²) in [4.78, 5) is 31.4. The summed E-state index contributed by atoms with van der Waals surface area (Å²) in [5.74, 6) is 1.25. The van der Waals surface area contributed by atoms with Crippen molar-refractivity contribution in [3.05, 3.63) is 26.7 Å². The number of rotatable bonds is 8. The first-order chi connectivity index (χ1) is 12.5. The van der Waals surface area contributed by atoms with Crippen LogP contribution in [0.4, 0.5) is 5.13 Å². The van der Waals surface area contributed by atoms with Crippen molar-refractivity contribution in [2.24, 2.45) is 7.05 Å². The average Bonchev–Trinajstić information content (AvgIpc) is 3.18. The summed E-state index contributed by atoms with van der Waals surface area (Å²) in [6.07, 6.45) is 1.80. The van der Waals surface area contributed by atoms with Gasteiger partial charge in [-0.2, -0.15) is 0 Å². The molecule has 9 nitrogen and oxygen atoms in total. The molecule has 140 valence electrons. The number of aromatic nitrogens is 6. The van der Waals surface area contributed by atoms with Crippen molar-refractivity contribution in [2.75, 3.05) is 11.9 Å². The van der Waals surface area contributed by atoms with Gasteiger partial charge in [-0.1, -0.05) is 36.4 Å². The Kier molecular flexibility index (Phi) is 5.77. The van der Waals surface area contributed by atoms with E-state index in [9.17, 15) is 9.59 Å². The summed E-state index contributed by atoms with van der Waals surface area (Å²) in [6.45, 7) is 5.39. The quantitative estimate of drug-likeness (QED) is 0.560. The van der Waals surface area contributed by atoms with Crippen molar-refractivity contribution in [1.29, 1.82) is 0 Å². The maximum Gasteiger partial charge on any atom is 0.330 e. The molecule has 3 aromatic heterocycles. The number of nitrogens with one attached hydrogen (secondary N) is 2. The van der Waals surface area contributed by atoms with Gasteiger partial charge in [0.2, 0.25) is 5.13 Å². The monoisotopic (exact) mass is 395 g/mol. The molecule has 0 atom stereocenters. The first-order valence-electron chi connectivity index (χ1n) is 8.43. The highest BCUT2D eigenvalue weighted by molar-refractivity contribution is 8.00. The van der Waals surface area contributed by atoms with Crippen molar-refractivity contribution in [2.45, 2.75) is 43.3 Å². The van der Waals surface area contributed by atoms with Crippen LogP contribution in [0.25, 0.3) is 11.2 Å². The molecule has 0 fully saturated rings. The van der Waals surface area contributed by atoms with Crippen LogP contribution in [-0.2, 0) is 19.3 Å². The highest BCUT2D eigenvalue weighted by atomic mass is 32.2. The van der Waals surface area contributed by atoms with Gasteiger partial charge in [-0.3, -0.25) is 14.3 Å². The normalized spacial score (nSPS) is 11.3. The van der Waals surface area contributed by atoms with E-state index < -0.39 is 11.2 Å². The molecule has 0 radical (unpaired) electrons. The Morgan fingerprint density at radius 2 is 2.08 bits per heavy atom. The molecule has 0 aliphatic rings. The van der Waals surface area contributed by atoms with Crippen LogP contribution in [0.15, 0.2) is 13.9 Å². The van der Waals surface area contributed by atoms with E-state index in [1.807, 2.05) is 6.92 Å². The van der Waals surface area contributed by atoms with E-state index in [1.54, 1.807) is 16.2 Å². The fourth-order valence-corrected chi connectivity index (χ4v) is 4.36. The van der Waals surface area contributed by atoms with Gasteiger partial charge in [-0.05, 0) is 13.3 Å². The van der Waals surface area contributed by atoms with E-state index in [2.05, 4.69) is 32.4 Å². The van der Waals surface area contributed by atoms with E-state index in [0.29, 0.717) is 29.3 Å². The molecule has 3 aromatic rings. The minimum absolute atomic E-state index is 0.408. The molecular weight excluding hydrogens is 374 g/mol. The molecule has 0 aliphatic carbocycles. The lowest BCUT2D eigenvalue weighted by Gasteiger charge is -2.04. The molecule has 0 aromatic carbocycles. The number of aromatic amines is 1. The topological polar surface area (TPSA) is 110 Å². The Hall–Kier alpha value is -2.14. The second-order valence-corrected chi connectivity index (χ2v) is 7.92. The first kappa shape index (κ1) is 18.6. The molecule has 0 saturated heterocycles. The number of hydrogen-bond acceptors (Lipinski definition) is 8. The summed E-state index contributed by atoms with van der Waals surface area (Å²) < 4.78 is 4.11. The van der Waals surface area contributed by atoms with Gasteiger partial charge in [0, 0.05) is 20.1 Å². The number of unbranched alkanes of at least 4 members (excludes halogenated alkanes) is 1. The third-order valence-electron chi connectivity index (χ3n) is 3.90. The van der Waals surface area contributed by atoms with Gasteiger partial charge < -0.3 is 9.88 Å². The zero-order valence-electron chi connectivity index (χ0n) is 14.9. The van der Waals surface area contributed by atoms with E-state index in [1.165, 1.54) is 23.1 Å². The number of anilines is 1. The second kappa shape index (κ2) is 8.04. The molecule has 0 bridgehead atoms. The Morgan fingerprint density at radius 1 is 1.27 bits per heavy atom. The smallest absolute Gasteiger partial charge is 0.330 e. The first-order valence-corrected chi connectivity index (χ1v) is 10.2. The van der Waals surface area contributed by atoms with E-state index in [-0.39, 0.29) is 0 Å². The predicted octanol–water partition coefficient (Wildman–Crippen LogP) is 1.80. The molecule has 11 heteroatoms. The van der Waals surface area contributed by atoms with Crippen LogP contribution in [0.1, 0.15) is 32.5 Å².